The molecule has 2 aromatic carbocycles. The van der Waals surface area contributed by atoms with Crippen LogP contribution in [0.1, 0.15) is 24.4 Å². The number of rotatable bonds is 4. The Morgan fingerprint density at radius 3 is 2.85 bits per heavy atom. The molecule has 6 heteroatoms. The van der Waals surface area contributed by atoms with Crippen LogP contribution in [0.2, 0.25) is 0 Å². The van der Waals surface area contributed by atoms with E-state index in [2.05, 4.69) is 38.3 Å². The number of likely N-dealkylation sites (tertiary alicyclic amines) is 1. The van der Waals surface area contributed by atoms with Gasteiger partial charge < -0.3 is 14.8 Å². The normalized spacial score (nSPS) is 19.3. The van der Waals surface area contributed by atoms with Gasteiger partial charge in [-0.1, -0.05) is 28.1 Å². The van der Waals surface area contributed by atoms with E-state index >= 15 is 0 Å². The van der Waals surface area contributed by atoms with E-state index in [9.17, 15) is 4.79 Å². The van der Waals surface area contributed by atoms with Gasteiger partial charge in [0.1, 0.15) is 13.2 Å². The number of fused-ring (bicyclic) bond motifs is 1. The second-order valence-electron chi connectivity index (χ2n) is 6.59. The molecular weight excluding hydrogens is 396 g/mol. The third-order valence-corrected chi connectivity index (χ3v) is 5.26. The number of ether oxygens (including phenoxy) is 2. The molecule has 0 radical (unpaired) electrons. The zero-order valence-corrected chi connectivity index (χ0v) is 16.0. The van der Waals surface area contributed by atoms with E-state index in [1.807, 2.05) is 30.3 Å². The summed E-state index contributed by atoms with van der Waals surface area (Å²) in [5.41, 5.74) is 1.99. The number of anilines is 1. The summed E-state index contributed by atoms with van der Waals surface area (Å²) in [6.07, 6.45) is 2.13. The second-order valence-corrected chi connectivity index (χ2v) is 7.51. The van der Waals surface area contributed by atoms with Gasteiger partial charge in [-0.3, -0.25) is 9.69 Å². The van der Waals surface area contributed by atoms with Gasteiger partial charge in [-0.25, -0.2) is 0 Å². The van der Waals surface area contributed by atoms with Crippen LogP contribution in [0.4, 0.5) is 5.69 Å². The molecule has 4 rings (SSSR count). The molecule has 1 fully saturated rings. The van der Waals surface area contributed by atoms with Crippen molar-refractivity contribution in [2.45, 2.75) is 18.9 Å². The van der Waals surface area contributed by atoms with Gasteiger partial charge in [0.05, 0.1) is 6.54 Å². The highest BCUT2D eigenvalue weighted by Crippen LogP contribution is 2.37. The molecule has 2 aromatic rings. The smallest absolute Gasteiger partial charge is 0.238 e. The molecule has 26 heavy (non-hydrogen) atoms. The molecule has 0 aliphatic carbocycles. The monoisotopic (exact) mass is 416 g/mol. The lowest BCUT2D eigenvalue weighted by atomic mass is 10.0. The zero-order chi connectivity index (χ0) is 17.9. The van der Waals surface area contributed by atoms with Gasteiger partial charge in [0.2, 0.25) is 5.91 Å². The van der Waals surface area contributed by atoms with E-state index < -0.39 is 0 Å². The fraction of sp³-hybridized carbons (Fsp3) is 0.350. The van der Waals surface area contributed by atoms with Crippen LogP contribution in [0, 0.1) is 0 Å². The maximum Gasteiger partial charge on any atom is 0.238 e. The van der Waals surface area contributed by atoms with Crippen LogP contribution < -0.4 is 14.8 Å². The van der Waals surface area contributed by atoms with Crippen molar-refractivity contribution in [3.8, 4) is 11.5 Å². The number of halogens is 1. The lowest BCUT2D eigenvalue weighted by Crippen LogP contribution is -2.33. The summed E-state index contributed by atoms with van der Waals surface area (Å²) in [5, 5.41) is 2.98. The molecule has 1 N–H and O–H groups in total. The Hall–Kier alpha value is -2.05. The first-order chi connectivity index (χ1) is 12.7. The van der Waals surface area contributed by atoms with Crippen LogP contribution in [0.15, 0.2) is 46.9 Å². The predicted octanol–water partition coefficient (Wildman–Crippen LogP) is 4.00. The van der Waals surface area contributed by atoms with E-state index in [4.69, 9.17) is 9.47 Å². The predicted molar refractivity (Wildman–Crippen MR) is 104 cm³/mol. The number of hydrogen-bond donors (Lipinski definition) is 1. The average Bonchev–Trinajstić information content (AvgIpc) is 3.09. The number of amides is 1. The molecule has 0 saturated carbocycles. The maximum absolute atomic E-state index is 12.5. The number of nitrogens with zero attached hydrogens (tertiary/aromatic N) is 1. The van der Waals surface area contributed by atoms with E-state index in [0.717, 1.165) is 41.0 Å². The maximum atomic E-state index is 12.5. The van der Waals surface area contributed by atoms with Crippen LogP contribution in [0.5, 0.6) is 11.5 Å². The van der Waals surface area contributed by atoms with Gasteiger partial charge in [-0.15, -0.1) is 0 Å². The topological polar surface area (TPSA) is 50.8 Å². The highest BCUT2D eigenvalue weighted by Gasteiger charge is 2.28. The first-order valence-corrected chi connectivity index (χ1v) is 9.67. The van der Waals surface area contributed by atoms with Gasteiger partial charge in [0.15, 0.2) is 11.5 Å². The Kier molecular flexibility index (Phi) is 5.13. The Morgan fingerprint density at radius 1 is 1.15 bits per heavy atom. The van der Waals surface area contributed by atoms with E-state index in [-0.39, 0.29) is 11.9 Å². The summed E-state index contributed by atoms with van der Waals surface area (Å²) < 4.78 is 12.3. The van der Waals surface area contributed by atoms with Gasteiger partial charge >= 0.3 is 0 Å². The molecule has 5 nitrogen and oxygen atoms in total. The van der Waals surface area contributed by atoms with Crippen LogP contribution in [0.3, 0.4) is 0 Å². The van der Waals surface area contributed by atoms with Crippen LogP contribution in [0.25, 0.3) is 0 Å². The largest absolute Gasteiger partial charge is 0.486 e. The number of benzene rings is 2. The molecule has 2 heterocycles. The minimum absolute atomic E-state index is 0.00698. The van der Waals surface area contributed by atoms with E-state index in [1.165, 1.54) is 5.56 Å². The molecule has 0 unspecified atom stereocenters. The third kappa shape index (κ3) is 3.86. The molecule has 2 aliphatic rings. The first kappa shape index (κ1) is 17.4. The number of nitrogens with one attached hydrogen (secondary N) is 1. The van der Waals surface area contributed by atoms with Crippen molar-refractivity contribution < 1.29 is 14.3 Å². The highest BCUT2D eigenvalue weighted by molar-refractivity contribution is 9.10. The highest BCUT2D eigenvalue weighted by atomic mass is 79.9. The summed E-state index contributed by atoms with van der Waals surface area (Å²) in [5.74, 6) is 1.61. The van der Waals surface area contributed by atoms with Crippen molar-refractivity contribution >= 4 is 27.5 Å². The van der Waals surface area contributed by atoms with Gasteiger partial charge in [-0.2, -0.15) is 0 Å². The Morgan fingerprint density at radius 2 is 2.00 bits per heavy atom. The first-order valence-electron chi connectivity index (χ1n) is 8.88. The Bertz CT molecular complexity index is 811. The van der Waals surface area contributed by atoms with Crippen molar-refractivity contribution in [1.29, 1.82) is 0 Å². The average molecular weight is 417 g/mol. The lowest BCUT2D eigenvalue weighted by Gasteiger charge is -2.26. The fourth-order valence-electron chi connectivity index (χ4n) is 3.61. The minimum atomic E-state index is 0.00698. The van der Waals surface area contributed by atoms with Crippen molar-refractivity contribution in [3.63, 3.8) is 0 Å². The molecule has 0 bridgehead atoms. The van der Waals surface area contributed by atoms with Crippen molar-refractivity contribution in [1.82, 2.24) is 4.90 Å². The summed E-state index contributed by atoms with van der Waals surface area (Å²) in [6, 6.07) is 14.0. The molecule has 0 aromatic heterocycles. The molecule has 1 amide bonds. The van der Waals surface area contributed by atoms with Crippen LogP contribution in [-0.2, 0) is 4.79 Å². The molecule has 1 saturated heterocycles. The third-order valence-electron chi connectivity index (χ3n) is 4.77. The SMILES string of the molecule is O=C(CN1CCC[C@H]1c1ccc2c(c1)OCCO2)Nc1cccc(Br)c1. The van der Waals surface area contributed by atoms with Crippen LogP contribution >= 0.6 is 15.9 Å². The Labute approximate surface area is 161 Å². The summed E-state index contributed by atoms with van der Waals surface area (Å²) >= 11 is 3.43. The van der Waals surface area contributed by atoms with Crippen molar-refractivity contribution in [2.75, 3.05) is 31.6 Å². The van der Waals surface area contributed by atoms with Gasteiger partial charge in [0, 0.05) is 16.2 Å². The van der Waals surface area contributed by atoms with E-state index in [0.29, 0.717) is 19.8 Å². The van der Waals surface area contributed by atoms with Crippen molar-refractivity contribution in [2.24, 2.45) is 0 Å². The summed E-state index contributed by atoms with van der Waals surface area (Å²) in [6.45, 7) is 2.48. The second kappa shape index (κ2) is 7.68. The molecular formula is C20H21BrN2O3. The zero-order valence-electron chi connectivity index (χ0n) is 14.4. The minimum Gasteiger partial charge on any atom is -0.486 e. The number of carbonyl (C=O) groups excluding carboxylic acids is 1. The molecule has 136 valence electrons. The lowest BCUT2D eigenvalue weighted by molar-refractivity contribution is -0.117. The van der Waals surface area contributed by atoms with Crippen LogP contribution in [-0.4, -0.2) is 37.1 Å². The van der Waals surface area contributed by atoms with Gasteiger partial charge in [-0.05, 0) is 55.3 Å². The Balaban J connectivity index is 1.44. The summed E-state index contributed by atoms with van der Waals surface area (Å²) in [7, 11) is 0. The molecule has 0 spiro atoms. The van der Waals surface area contributed by atoms with E-state index in [1.54, 1.807) is 0 Å². The van der Waals surface area contributed by atoms with Gasteiger partial charge in [0.25, 0.3) is 0 Å². The molecule has 1 atom stereocenters. The molecule has 2 aliphatic heterocycles. The number of hydrogen-bond acceptors (Lipinski definition) is 4. The van der Waals surface area contributed by atoms with Crippen molar-refractivity contribution in [3.05, 3.63) is 52.5 Å². The fourth-order valence-corrected chi connectivity index (χ4v) is 4.01. The standard InChI is InChI=1S/C20H21BrN2O3/c21-15-3-1-4-16(12-15)22-20(24)13-23-8-2-5-17(23)14-6-7-18-19(11-14)26-10-9-25-18/h1,3-4,6-7,11-12,17H,2,5,8-10,13H2,(H,22,24)/t17-/m0/s1. The summed E-state index contributed by atoms with van der Waals surface area (Å²) in [4.78, 5) is 14.7. The number of carbonyl (C=O) groups is 1. The quantitative estimate of drug-likeness (QED) is 0.818.